The zero-order valence-electron chi connectivity index (χ0n) is 21.0. The molecule has 2 unspecified atom stereocenters. The van der Waals surface area contributed by atoms with Gasteiger partial charge in [-0.15, -0.1) is 0 Å². The first kappa shape index (κ1) is 24.0. The quantitative estimate of drug-likeness (QED) is 0.542. The van der Waals surface area contributed by atoms with Crippen LogP contribution in [-0.2, 0) is 4.74 Å². The van der Waals surface area contributed by atoms with E-state index in [1.165, 1.54) is 0 Å². The molecule has 1 amide bonds. The molecule has 2 N–H and O–H groups in total. The van der Waals surface area contributed by atoms with Crippen LogP contribution in [0.3, 0.4) is 0 Å². The lowest BCUT2D eigenvalue weighted by molar-refractivity contribution is -0.00517. The number of hydrogen-bond donors (Lipinski definition) is 1. The Morgan fingerprint density at radius 1 is 1.15 bits per heavy atom. The van der Waals surface area contributed by atoms with Crippen LogP contribution in [0.4, 0.5) is 11.5 Å². The highest BCUT2D eigenvalue weighted by Crippen LogP contribution is 2.34. The second kappa shape index (κ2) is 10.0. The molecule has 1 aromatic heterocycles. The largest absolute Gasteiger partial charge is 0.382 e. The highest BCUT2D eigenvalue weighted by Gasteiger charge is 2.25. The number of nitrogens with two attached hydrogens (primary N) is 1. The maximum atomic E-state index is 13.4. The summed E-state index contributed by atoms with van der Waals surface area (Å²) in [6.07, 6.45) is 1.21. The van der Waals surface area contributed by atoms with Gasteiger partial charge in [0, 0.05) is 37.1 Å². The van der Waals surface area contributed by atoms with E-state index in [1.807, 2.05) is 36.1 Å². The molecule has 2 aromatic carbocycles. The van der Waals surface area contributed by atoms with Gasteiger partial charge in [-0.05, 0) is 75.1 Å². The Labute approximate surface area is 202 Å². The van der Waals surface area contributed by atoms with Gasteiger partial charge in [0.05, 0.1) is 23.4 Å². The monoisotopic (exact) mass is 460 g/mol. The summed E-state index contributed by atoms with van der Waals surface area (Å²) < 4.78 is 5.90. The predicted molar refractivity (Wildman–Crippen MR) is 140 cm³/mol. The average molecular weight is 461 g/mol. The summed E-state index contributed by atoms with van der Waals surface area (Å²) >= 11 is 0. The number of aromatic nitrogens is 1. The van der Waals surface area contributed by atoms with Gasteiger partial charge in [0.15, 0.2) is 0 Å². The second-order valence-corrected chi connectivity index (χ2v) is 9.34. The van der Waals surface area contributed by atoms with E-state index >= 15 is 0 Å². The molecule has 3 aromatic rings. The highest BCUT2D eigenvalue weighted by molar-refractivity contribution is 6.02. The number of nitrogen functional groups attached to an aromatic ring is 1. The smallest absolute Gasteiger partial charge is 0.254 e. The number of fused-ring (bicyclic) bond motifs is 1. The highest BCUT2D eigenvalue weighted by atomic mass is 16.5. The van der Waals surface area contributed by atoms with Gasteiger partial charge in [0.2, 0.25) is 0 Å². The lowest BCUT2D eigenvalue weighted by atomic mass is 9.93. The van der Waals surface area contributed by atoms with Crippen molar-refractivity contribution in [3.05, 3.63) is 53.6 Å². The number of carbonyl (C=O) groups excluding carboxylic acids is 1. The van der Waals surface area contributed by atoms with Gasteiger partial charge in [-0.25, -0.2) is 4.98 Å². The van der Waals surface area contributed by atoms with Crippen LogP contribution in [0.2, 0.25) is 0 Å². The zero-order valence-corrected chi connectivity index (χ0v) is 21.0. The lowest BCUT2D eigenvalue weighted by Crippen LogP contribution is -2.45. The summed E-state index contributed by atoms with van der Waals surface area (Å²) in [5, 5.41) is 1.01. The SMILES string of the molecule is CCCN(CC)C(=O)c1cccc(C)c1-c1ccc2nc(N)c(N3CC(C)OC(C)C3)cc2c1. The van der Waals surface area contributed by atoms with Crippen LogP contribution in [0.25, 0.3) is 22.0 Å². The fourth-order valence-corrected chi connectivity index (χ4v) is 5.04. The van der Waals surface area contributed by atoms with Crippen LogP contribution >= 0.6 is 0 Å². The standard InChI is InChI=1S/C28H36N4O2/c1-6-13-31(7-2)28(33)23-10-8-9-18(3)26(23)21-11-12-24-22(14-21)15-25(27(29)30-24)32-16-19(4)34-20(5)17-32/h8-12,14-15,19-20H,6-7,13,16-17H2,1-5H3,(H2,29,30). The van der Waals surface area contributed by atoms with Crippen molar-refractivity contribution < 1.29 is 9.53 Å². The zero-order chi connectivity index (χ0) is 24.4. The van der Waals surface area contributed by atoms with Crippen LogP contribution in [0.1, 0.15) is 50.0 Å². The first-order valence-corrected chi connectivity index (χ1v) is 12.3. The Balaban J connectivity index is 1.79. The second-order valence-electron chi connectivity index (χ2n) is 9.34. The molecule has 0 saturated carbocycles. The van der Waals surface area contributed by atoms with Gasteiger partial charge in [-0.2, -0.15) is 0 Å². The van der Waals surface area contributed by atoms with Crippen LogP contribution < -0.4 is 10.6 Å². The third-order valence-electron chi connectivity index (χ3n) is 6.54. The van der Waals surface area contributed by atoms with Crippen molar-refractivity contribution in [2.24, 2.45) is 0 Å². The number of carbonyl (C=O) groups is 1. The molecule has 0 bridgehead atoms. The molecule has 6 nitrogen and oxygen atoms in total. The summed E-state index contributed by atoms with van der Waals surface area (Å²) in [5.74, 6) is 0.613. The fourth-order valence-electron chi connectivity index (χ4n) is 5.04. The normalized spacial score (nSPS) is 18.3. The molecule has 2 heterocycles. The molecule has 1 aliphatic rings. The van der Waals surface area contributed by atoms with Crippen molar-refractivity contribution in [3.63, 3.8) is 0 Å². The summed E-state index contributed by atoms with van der Waals surface area (Å²) in [4.78, 5) is 22.3. The summed E-state index contributed by atoms with van der Waals surface area (Å²) in [6.45, 7) is 13.4. The minimum absolute atomic E-state index is 0.0792. The topological polar surface area (TPSA) is 71.7 Å². The lowest BCUT2D eigenvalue weighted by Gasteiger charge is -2.37. The maximum Gasteiger partial charge on any atom is 0.254 e. The van der Waals surface area contributed by atoms with Crippen LogP contribution in [0.15, 0.2) is 42.5 Å². The van der Waals surface area contributed by atoms with Crippen molar-refractivity contribution >= 4 is 28.3 Å². The predicted octanol–water partition coefficient (Wildman–Crippen LogP) is 5.28. The van der Waals surface area contributed by atoms with Gasteiger partial charge in [0.25, 0.3) is 5.91 Å². The summed E-state index contributed by atoms with van der Waals surface area (Å²) in [7, 11) is 0. The van der Waals surface area contributed by atoms with Crippen molar-refractivity contribution in [1.82, 2.24) is 9.88 Å². The third-order valence-corrected chi connectivity index (χ3v) is 6.54. The Bertz CT molecular complexity index is 1180. The van der Waals surface area contributed by atoms with E-state index in [9.17, 15) is 4.79 Å². The van der Waals surface area contributed by atoms with Crippen LogP contribution in [-0.4, -0.2) is 54.2 Å². The number of hydrogen-bond acceptors (Lipinski definition) is 5. The molecule has 0 aliphatic carbocycles. The van der Waals surface area contributed by atoms with E-state index in [1.54, 1.807) is 0 Å². The molecular weight excluding hydrogens is 424 g/mol. The van der Waals surface area contributed by atoms with E-state index in [0.717, 1.165) is 64.9 Å². The number of benzene rings is 2. The van der Waals surface area contributed by atoms with Gasteiger partial charge >= 0.3 is 0 Å². The van der Waals surface area contributed by atoms with Gasteiger partial charge in [0.1, 0.15) is 5.82 Å². The van der Waals surface area contributed by atoms with Crippen molar-refractivity contribution in [3.8, 4) is 11.1 Å². The number of aryl methyl sites for hydroxylation is 1. The molecule has 0 spiro atoms. The first-order valence-electron chi connectivity index (χ1n) is 12.3. The number of morpholine rings is 1. The molecule has 4 rings (SSSR count). The number of pyridine rings is 1. The molecule has 6 heteroatoms. The molecule has 34 heavy (non-hydrogen) atoms. The third kappa shape index (κ3) is 4.73. The molecule has 0 radical (unpaired) electrons. The number of nitrogens with zero attached hydrogens (tertiary/aromatic N) is 3. The van der Waals surface area contributed by atoms with Crippen LogP contribution in [0.5, 0.6) is 0 Å². The van der Waals surface area contributed by atoms with Gasteiger partial charge < -0.3 is 20.3 Å². The number of rotatable bonds is 6. The van der Waals surface area contributed by atoms with Crippen molar-refractivity contribution in [1.29, 1.82) is 0 Å². The Morgan fingerprint density at radius 2 is 1.88 bits per heavy atom. The fraction of sp³-hybridized carbons (Fsp3) is 0.429. The number of ether oxygens (including phenoxy) is 1. The van der Waals surface area contributed by atoms with Crippen molar-refractivity contribution in [2.75, 3.05) is 36.8 Å². The number of anilines is 2. The number of amides is 1. The minimum atomic E-state index is 0.0792. The minimum Gasteiger partial charge on any atom is -0.382 e. The molecule has 1 saturated heterocycles. The van der Waals surface area contributed by atoms with Gasteiger partial charge in [-0.1, -0.05) is 25.1 Å². The summed E-state index contributed by atoms with van der Waals surface area (Å²) in [5.41, 5.74) is 12.0. The Hall–Kier alpha value is -3.12. The molecule has 180 valence electrons. The summed E-state index contributed by atoms with van der Waals surface area (Å²) in [6, 6.07) is 14.3. The van der Waals surface area contributed by atoms with Gasteiger partial charge in [-0.3, -0.25) is 4.79 Å². The van der Waals surface area contributed by atoms with Crippen LogP contribution in [0, 0.1) is 6.92 Å². The van der Waals surface area contributed by atoms with E-state index in [4.69, 9.17) is 15.5 Å². The molecule has 1 fully saturated rings. The van der Waals surface area contributed by atoms with Crippen molar-refractivity contribution in [2.45, 2.75) is 53.2 Å². The van der Waals surface area contributed by atoms with E-state index < -0.39 is 0 Å². The first-order chi connectivity index (χ1) is 16.3. The van der Waals surface area contributed by atoms with E-state index in [-0.39, 0.29) is 18.1 Å². The Morgan fingerprint density at radius 3 is 2.56 bits per heavy atom. The van der Waals surface area contributed by atoms with E-state index in [0.29, 0.717) is 12.4 Å². The maximum absolute atomic E-state index is 13.4. The molecular formula is C28H36N4O2. The Kier molecular flexibility index (Phi) is 7.08. The molecule has 2 atom stereocenters. The molecule has 1 aliphatic heterocycles. The van der Waals surface area contributed by atoms with E-state index in [2.05, 4.69) is 50.8 Å². The average Bonchev–Trinajstić information content (AvgIpc) is 2.80.